The van der Waals surface area contributed by atoms with Crippen LogP contribution in [-0.4, -0.2) is 27.7 Å². The second-order valence-corrected chi connectivity index (χ2v) is 8.01. The van der Waals surface area contributed by atoms with Gasteiger partial charge in [-0.15, -0.1) is 0 Å². The van der Waals surface area contributed by atoms with Gasteiger partial charge in [0, 0.05) is 0 Å². The molecule has 1 atom stereocenters. The molecule has 0 N–H and O–H groups in total. The molecule has 2 fully saturated rings. The van der Waals surface area contributed by atoms with Crippen LogP contribution >= 0.6 is 0 Å². The first kappa shape index (κ1) is 15.0. The van der Waals surface area contributed by atoms with E-state index in [1.807, 2.05) is 6.92 Å². The number of aryl methyl sites for hydroxylation is 1. The van der Waals surface area contributed by atoms with Crippen LogP contribution in [0.4, 0.5) is 0 Å². The lowest BCUT2D eigenvalue weighted by Gasteiger charge is -2.19. The Morgan fingerprint density at radius 2 is 1.90 bits per heavy atom. The molecule has 4 nitrogen and oxygen atoms in total. The van der Waals surface area contributed by atoms with E-state index >= 15 is 0 Å². The zero-order chi connectivity index (χ0) is 14.9. The smallest absolute Gasteiger partial charge is 0.297 e. The average Bonchev–Trinajstić information content (AvgIpc) is 3.08. The quantitative estimate of drug-likeness (QED) is 0.802. The third-order valence-corrected chi connectivity index (χ3v) is 5.96. The normalized spacial score (nSPS) is 24.7. The number of hydrogen-bond donors (Lipinski definition) is 0. The highest BCUT2D eigenvalue weighted by Gasteiger charge is 2.42. The molecule has 0 amide bonds. The van der Waals surface area contributed by atoms with E-state index in [0.717, 1.165) is 18.6 Å². The van der Waals surface area contributed by atoms with Crippen LogP contribution in [0.1, 0.15) is 37.7 Å². The van der Waals surface area contributed by atoms with Crippen molar-refractivity contribution < 1.29 is 17.3 Å². The van der Waals surface area contributed by atoms with Crippen molar-refractivity contribution in [2.45, 2.75) is 50.0 Å². The van der Waals surface area contributed by atoms with Gasteiger partial charge in [-0.25, -0.2) is 0 Å². The highest BCUT2D eigenvalue weighted by Crippen LogP contribution is 2.46. The summed E-state index contributed by atoms with van der Waals surface area (Å²) in [5, 5.41) is 0. The van der Waals surface area contributed by atoms with Gasteiger partial charge < -0.3 is 4.74 Å². The fourth-order valence-corrected chi connectivity index (χ4v) is 4.35. The molecule has 1 saturated carbocycles. The minimum atomic E-state index is -3.68. The second-order valence-electron chi connectivity index (χ2n) is 6.40. The van der Waals surface area contributed by atoms with Gasteiger partial charge in [0.2, 0.25) is 0 Å². The summed E-state index contributed by atoms with van der Waals surface area (Å²) in [6, 6.07) is 6.71. The molecular weight excluding hydrogens is 288 g/mol. The van der Waals surface area contributed by atoms with Crippen LogP contribution < -0.4 is 0 Å². The summed E-state index contributed by atoms with van der Waals surface area (Å²) in [6.45, 7) is 2.80. The Hall–Kier alpha value is -0.910. The van der Waals surface area contributed by atoms with Crippen LogP contribution in [0.3, 0.4) is 0 Å². The fourth-order valence-electron chi connectivity index (χ4n) is 3.41. The Morgan fingerprint density at radius 3 is 2.57 bits per heavy atom. The molecule has 5 heteroatoms. The molecule has 0 radical (unpaired) electrons. The van der Waals surface area contributed by atoms with Crippen LogP contribution in [0.15, 0.2) is 29.2 Å². The summed E-state index contributed by atoms with van der Waals surface area (Å²) in [5.74, 6) is 0. The number of ether oxygens (including phenoxy) is 1. The standard InChI is InChI=1S/C16H22O4S/c1-13-4-6-15(7-5-13)21(17,18)20-11-14-10-16(12-19-14)8-2-3-9-16/h4-7,14H,2-3,8-12H2,1H3. The maximum absolute atomic E-state index is 12.1. The van der Waals surface area contributed by atoms with Crippen molar-refractivity contribution in [3.63, 3.8) is 0 Å². The lowest BCUT2D eigenvalue weighted by Crippen LogP contribution is -2.20. The van der Waals surface area contributed by atoms with E-state index in [4.69, 9.17) is 8.92 Å². The predicted octanol–water partition coefficient (Wildman–Crippen LogP) is 3.05. The van der Waals surface area contributed by atoms with Crippen LogP contribution in [0.2, 0.25) is 0 Å². The minimum absolute atomic E-state index is 0.0941. The lowest BCUT2D eigenvalue weighted by molar-refractivity contribution is 0.0626. The molecule has 21 heavy (non-hydrogen) atoms. The van der Waals surface area contributed by atoms with Gasteiger partial charge in [-0.05, 0) is 43.7 Å². The van der Waals surface area contributed by atoms with Crippen molar-refractivity contribution in [2.24, 2.45) is 5.41 Å². The van der Waals surface area contributed by atoms with Gasteiger partial charge in [-0.1, -0.05) is 30.5 Å². The summed E-state index contributed by atoms with van der Waals surface area (Å²) < 4.78 is 35.2. The van der Waals surface area contributed by atoms with Crippen LogP contribution in [0.25, 0.3) is 0 Å². The molecule has 1 spiro atoms. The monoisotopic (exact) mass is 310 g/mol. The molecule has 1 aromatic rings. The molecule has 0 bridgehead atoms. The summed E-state index contributed by atoms with van der Waals surface area (Å²) in [7, 11) is -3.68. The zero-order valence-corrected chi connectivity index (χ0v) is 13.2. The van der Waals surface area contributed by atoms with Crippen molar-refractivity contribution in [2.75, 3.05) is 13.2 Å². The maximum atomic E-state index is 12.1. The number of rotatable bonds is 4. The Kier molecular flexibility index (Phi) is 4.08. The Morgan fingerprint density at radius 1 is 1.24 bits per heavy atom. The predicted molar refractivity (Wildman–Crippen MR) is 79.6 cm³/mol. The fraction of sp³-hybridized carbons (Fsp3) is 0.625. The summed E-state index contributed by atoms with van der Waals surface area (Å²) >= 11 is 0. The third kappa shape index (κ3) is 3.30. The zero-order valence-electron chi connectivity index (χ0n) is 12.4. The van der Waals surface area contributed by atoms with Gasteiger partial charge in [0.1, 0.15) is 0 Å². The summed E-state index contributed by atoms with van der Waals surface area (Å²) in [4.78, 5) is 0.210. The first-order valence-electron chi connectivity index (χ1n) is 7.57. The van der Waals surface area contributed by atoms with Crippen molar-refractivity contribution >= 4 is 10.1 Å². The molecule has 3 rings (SSSR count). The Labute approximate surface area is 126 Å². The SMILES string of the molecule is Cc1ccc(S(=O)(=O)OCC2CC3(CCCC3)CO2)cc1. The van der Waals surface area contributed by atoms with Gasteiger partial charge in [0.25, 0.3) is 10.1 Å². The van der Waals surface area contributed by atoms with Crippen molar-refractivity contribution in [3.05, 3.63) is 29.8 Å². The highest BCUT2D eigenvalue weighted by atomic mass is 32.2. The molecule has 1 saturated heterocycles. The maximum Gasteiger partial charge on any atom is 0.297 e. The Bertz CT molecular complexity index is 585. The minimum Gasteiger partial charge on any atom is -0.375 e. The van der Waals surface area contributed by atoms with E-state index < -0.39 is 10.1 Å². The highest BCUT2D eigenvalue weighted by molar-refractivity contribution is 7.86. The lowest BCUT2D eigenvalue weighted by atomic mass is 9.84. The molecule has 2 aliphatic rings. The molecule has 1 heterocycles. The van der Waals surface area contributed by atoms with Crippen LogP contribution in [0.5, 0.6) is 0 Å². The van der Waals surface area contributed by atoms with Crippen molar-refractivity contribution in [1.29, 1.82) is 0 Å². The topological polar surface area (TPSA) is 52.6 Å². The van der Waals surface area contributed by atoms with Gasteiger partial charge in [-0.2, -0.15) is 8.42 Å². The molecule has 1 unspecified atom stereocenters. The molecule has 1 aliphatic carbocycles. The third-order valence-electron chi connectivity index (χ3n) is 4.67. The second kappa shape index (κ2) is 5.71. The first-order valence-corrected chi connectivity index (χ1v) is 8.98. The summed E-state index contributed by atoms with van der Waals surface area (Å²) in [6.07, 6.45) is 5.76. The molecular formula is C16H22O4S. The van der Waals surface area contributed by atoms with Gasteiger partial charge in [-0.3, -0.25) is 4.18 Å². The van der Waals surface area contributed by atoms with E-state index in [-0.39, 0.29) is 17.6 Å². The molecule has 1 aromatic carbocycles. The van der Waals surface area contributed by atoms with E-state index in [0.29, 0.717) is 5.41 Å². The van der Waals surface area contributed by atoms with Crippen LogP contribution in [-0.2, 0) is 19.0 Å². The van der Waals surface area contributed by atoms with Crippen molar-refractivity contribution in [1.82, 2.24) is 0 Å². The van der Waals surface area contributed by atoms with Gasteiger partial charge in [0.15, 0.2) is 0 Å². The first-order chi connectivity index (χ1) is 9.99. The number of benzene rings is 1. The largest absolute Gasteiger partial charge is 0.375 e. The average molecular weight is 310 g/mol. The van der Waals surface area contributed by atoms with Gasteiger partial charge in [0.05, 0.1) is 24.2 Å². The van der Waals surface area contributed by atoms with Crippen molar-refractivity contribution in [3.8, 4) is 0 Å². The van der Waals surface area contributed by atoms with E-state index in [1.165, 1.54) is 25.7 Å². The summed E-state index contributed by atoms with van der Waals surface area (Å²) in [5.41, 5.74) is 1.32. The molecule has 1 aliphatic heterocycles. The number of hydrogen-bond acceptors (Lipinski definition) is 4. The Balaban J connectivity index is 1.58. The van der Waals surface area contributed by atoms with Crippen LogP contribution in [0, 0.1) is 12.3 Å². The van der Waals surface area contributed by atoms with Gasteiger partial charge >= 0.3 is 0 Å². The molecule has 116 valence electrons. The molecule has 0 aromatic heterocycles. The van der Waals surface area contributed by atoms with E-state index in [2.05, 4.69) is 0 Å². The van der Waals surface area contributed by atoms with E-state index in [1.54, 1.807) is 24.3 Å². The van der Waals surface area contributed by atoms with E-state index in [9.17, 15) is 8.42 Å².